The minimum atomic E-state index is 0.714. The number of hydrogen-bond donors (Lipinski definition) is 0. The zero-order valence-corrected chi connectivity index (χ0v) is 14.0. The Balaban J connectivity index is 1.63. The van der Waals surface area contributed by atoms with Gasteiger partial charge in [-0.15, -0.1) is 11.3 Å². The Morgan fingerprint density at radius 3 is 2.79 bits per heavy atom. The van der Waals surface area contributed by atoms with Gasteiger partial charge in [-0.1, -0.05) is 12.1 Å². The number of aryl methyl sites for hydroxylation is 2. The fourth-order valence-corrected chi connectivity index (χ4v) is 4.52. The van der Waals surface area contributed by atoms with Crippen molar-refractivity contribution in [3.8, 4) is 27.0 Å². The summed E-state index contributed by atoms with van der Waals surface area (Å²) in [5.74, 6) is 1.64. The molecule has 2 aromatic carbocycles. The Bertz CT molecular complexity index is 1030. The number of aromatic nitrogens is 1. The molecule has 2 aromatic heterocycles. The van der Waals surface area contributed by atoms with Gasteiger partial charge < -0.3 is 9.15 Å². The molecule has 0 saturated heterocycles. The van der Waals surface area contributed by atoms with Crippen molar-refractivity contribution in [3.63, 3.8) is 0 Å². The lowest BCUT2D eigenvalue weighted by molar-refractivity contribution is 0.414. The topological polar surface area (TPSA) is 35.3 Å². The highest BCUT2D eigenvalue weighted by Crippen LogP contribution is 2.44. The third-order valence-corrected chi connectivity index (χ3v) is 5.73. The van der Waals surface area contributed by atoms with E-state index in [0.29, 0.717) is 5.89 Å². The summed E-state index contributed by atoms with van der Waals surface area (Å²) >= 11 is 1.76. The second-order valence-corrected chi connectivity index (χ2v) is 7.03. The quantitative estimate of drug-likeness (QED) is 0.497. The van der Waals surface area contributed by atoms with E-state index >= 15 is 0 Å². The lowest BCUT2D eigenvalue weighted by Crippen LogP contribution is -2.01. The molecule has 24 heavy (non-hydrogen) atoms. The van der Waals surface area contributed by atoms with Gasteiger partial charge in [-0.25, -0.2) is 4.98 Å². The van der Waals surface area contributed by atoms with E-state index in [4.69, 9.17) is 9.15 Å². The van der Waals surface area contributed by atoms with Crippen molar-refractivity contribution in [2.24, 2.45) is 0 Å². The highest BCUT2D eigenvalue weighted by molar-refractivity contribution is 7.19. The summed E-state index contributed by atoms with van der Waals surface area (Å²) in [5, 5.41) is 0. The summed E-state index contributed by atoms with van der Waals surface area (Å²) in [6.45, 7) is 0. The summed E-state index contributed by atoms with van der Waals surface area (Å²) in [7, 11) is 1.71. The van der Waals surface area contributed by atoms with Crippen LogP contribution in [0.25, 0.3) is 32.3 Å². The number of thiophene rings is 1. The largest absolute Gasteiger partial charge is 0.497 e. The van der Waals surface area contributed by atoms with Crippen molar-refractivity contribution in [2.45, 2.75) is 12.8 Å². The number of hydrogen-bond acceptors (Lipinski definition) is 4. The molecule has 2 heterocycles. The number of oxazole rings is 1. The monoisotopic (exact) mass is 333 g/mol. The van der Waals surface area contributed by atoms with Crippen LogP contribution in [0, 0.1) is 0 Å². The van der Waals surface area contributed by atoms with E-state index in [0.717, 1.165) is 34.6 Å². The van der Waals surface area contributed by atoms with Gasteiger partial charge in [0.2, 0.25) is 5.89 Å². The summed E-state index contributed by atoms with van der Waals surface area (Å²) in [6, 6.07) is 16.5. The second kappa shape index (κ2) is 5.21. The summed E-state index contributed by atoms with van der Waals surface area (Å²) in [5.41, 5.74) is 5.79. The predicted octanol–water partition coefficient (Wildman–Crippen LogP) is 5.33. The van der Waals surface area contributed by atoms with E-state index < -0.39 is 0 Å². The first kappa shape index (κ1) is 13.8. The lowest BCUT2D eigenvalue weighted by atomic mass is 9.91. The van der Waals surface area contributed by atoms with E-state index in [1.165, 1.54) is 21.6 Å². The van der Waals surface area contributed by atoms with Crippen LogP contribution in [0.2, 0.25) is 0 Å². The Kier molecular flexibility index (Phi) is 3.00. The van der Waals surface area contributed by atoms with Gasteiger partial charge in [-0.3, -0.25) is 0 Å². The average Bonchev–Trinajstić information content (AvgIpc) is 3.24. The summed E-state index contributed by atoms with van der Waals surface area (Å²) in [6.07, 6.45) is 2.09. The number of ether oxygens (including phenoxy) is 1. The molecule has 0 bridgehead atoms. The van der Waals surface area contributed by atoms with Crippen LogP contribution in [-0.4, -0.2) is 12.1 Å². The van der Waals surface area contributed by atoms with E-state index in [2.05, 4.69) is 23.2 Å². The average molecular weight is 333 g/mol. The number of methoxy groups -OCH3 is 1. The maximum absolute atomic E-state index is 5.94. The highest BCUT2D eigenvalue weighted by Gasteiger charge is 2.22. The molecule has 1 aliphatic rings. The van der Waals surface area contributed by atoms with Crippen LogP contribution in [0.4, 0.5) is 0 Å². The maximum atomic E-state index is 5.94. The fraction of sp³-hybridized carbons (Fsp3) is 0.150. The second-order valence-electron chi connectivity index (χ2n) is 5.97. The van der Waals surface area contributed by atoms with Crippen LogP contribution in [0.1, 0.15) is 11.1 Å². The van der Waals surface area contributed by atoms with Crippen LogP contribution < -0.4 is 4.74 Å². The molecule has 1 aliphatic carbocycles. The van der Waals surface area contributed by atoms with Crippen molar-refractivity contribution in [1.82, 2.24) is 4.98 Å². The molecule has 0 atom stereocenters. The van der Waals surface area contributed by atoms with Crippen LogP contribution >= 0.6 is 11.3 Å². The highest BCUT2D eigenvalue weighted by atomic mass is 32.1. The molecule has 4 aromatic rings. The van der Waals surface area contributed by atoms with E-state index in [1.807, 2.05) is 30.3 Å². The Hall–Kier alpha value is -2.59. The van der Waals surface area contributed by atoms with Gasteiger partial charge in [0.15, 0.2) is 5.58 Å². The third kappa shape index (κ3) is 2.07. The van der Waals surface area contributed by atoms with Gasteiger partial charge in [-0.05, 0) is 65.9 Å². The molecule has 3 nitrogen and oxygen atoms in total. The molecule has 0 unspecified atom stereocenters. The first-order valence-electron chi connectivity index (χ1n) is 7.98. The van der Waals surface area contributed by atoms with Crippen molar-refractivity contribution < 1.29 is 9.15 Å². The SMILES string of the molecule is COc1ccc2c(c1)CCc1cc(-c3nc4ccccc4o3)sc1-2. The fourth-order valence-electron chi connectivity index (χ4n) is 3.32. The Morgan fingerprint density at radius 2 is 1.92 bits per heavy atom. The van der Waals surface area contributed by atoms with E-state index in [1.54, 1.807) is 18.4 Å². The van der Waals surface area contributed by atoms with Crippen molar-refractivity contribution in [2.75, 3.05) is 7.11 Å². The third-order valence-electron chi connectivity index (χ3n) is 4.53. The number of rotatable bonds is 2. The lowest BCUT2D eigenvalue weighted by Gasteiger charge is -2.16. The predicted molar refractivity (Wildman–Crippen MR) is 96.7 cm³/mol. The number of fused-ring (bicyclic) bond motifs is 4. The van der Waals surface area contributed by atoms with Crippen LogP contribution in [0.15, 0.2) is 52.9 Å². The van der Waals surface area contributed by atoms with Crippen molar-refractivity contribution >= 4 is 22.4 Å². The molecule has 0 amide bonds. The molecule has 0 fully saturated rings. The molecule has 0 radical (unpaired) electrons. The molecule has 0 aliphatic heterocycles. The molecule has 118 valence electrons. The Morgan fingerprint density at radius 1 is 1.04 bits per heavy atom. The minimum absolute atomic E-state index is 0.714. The van der Waals surface area contributed by atoms with Crippen molar-refractivity contribution in [3.05, 3.63) is 59.7 Å². The van der Waals surface area contributed by atoms with Gasteiger partial charge in [0, 0.05) is 4.88 Å². The summed E-state index contributed by atoms with van der Waals surface area (Å²) < 4.78 is 11.3. The molecular formula is C20H15NO2S. The van der Waals surface area contributed by atoms with Gasteiger partial charge in [0.1, 0.15) is 11.3 Å². The normalized spacial score (nSPS) is 12.9. The van der Waals surface area contributed by atoms with Crippen LogP contribution in [-0.2, 0) is 12.8 Å². The molecular weight excluding hydrogens is 318 g/mol. The molecule has 0 N–H and O–H groups in total. The smallest absolute Gasteiger partial charge is 0.237 e. The van der Waals surface area contributed by atoms with Gasteiger partial charge in [0.05, 0.1) is 12.0 Å². The first-order chi connectivity index (χ1) is 11.8. The minimum Gasteiger partial charge on any atom is -0.497 e. The first-order valence-corrected chi connectivity index (χ1v) is 8.79. The van der Waals surface area contributed by atoms with Gasteiger partial charge >= 0.3 is 0 Å². The molecule has 0 saturated carbocycles. The van der Waals surface area contributed by atoms with Gasteiger partial charge in [-0.2, -0.15) is 0 Å². The van der Waals surface area contributed by atoms with Crippen molar-refractivity contribution in [1.29, 1.82) is 0 Å². The zero-order valence-electron chi connectivity index (χ0n) is 13.2. The molecule has 4 heteroatoms. The van der Waals surface area contributed by atoms with Crippen LogP contribution in [0.5, 0.6) is 5.75 Å². The van der Waals surface area contributed by atoms with E-state index in [-0.39, 0.29) is 0 Å². The number of nitrogens with zero attached hydrogens (tertiary/aromatic N) is 1. The molecule has 5 rings (SSSR count). The van der Waals surface area contributed by atoms with Gasteiger partial charge in [0.25, 0.3) is 0 Å². The zero-order chi connectivity index (χ0) is 16.1. The summed E-state index contributed by atoms with van der Waals surface area (Å²) in [4.78, 5) is 7.06. The maximum Gasteiger partial charge on any atom is 0.237 e. The Labute approximate surface area is 143 Å². The molecule has 0 spiro atoms. The number of para-hydroxylation sites is 2. The van der Waals surface area contributed by atoms with E-state index in [9.17, 15) is 0 Å². The number of benzene rings is 2. The standard InChI is InChI=1S/C20H15NO2S/c1-22-14-8-9-15-12(10-14)6-7-13-11-18(24-19(13)15)20-21-16-4-2-3-5-17(16)23-20/h2-5,8-11H,6-7H2,1H3. The van der Waals surface area contributed by atoms with Crippen LogP contribution in [0.3, 0.4) is 0 Å².